The molecule has 39 heavy (non-hydrogen) atoms. The zero-order valence-electron chi connectivity index (χ0n) is 22.0. The van der Waals surface area contributed by atoms with Gasteiger partial charge in [-0.3, -0.25) is 24.5 Å². The molecule has 1 aliphatic heterocycles. The van der Waals surface area contributed by atoms with Crippen LogP contribution in [0.3, 0.4) is 0 Å². The summed E-state index contributed by atoms with van der Waals surface area (Å²) >= 11 is 2.75. The van der Waals surface area contributed by atoms with Gasteiger partial charge in [-0.25, -0.2) is 0 Å². The Labute approximate surface area is 238 Å². The van der Waals surface area contributed by atoms with E-state index in [0.29, 0.717) is 22.7 Å². The highest BCUT2D eigenvalue weighted by Crippen LogP contribution is 2.30. The second-order valence-corrected chi connectivity index (χ2v) is 11.4. The molecule has 1 heterocycles. The van der Waals surface area contributed by atoms with Crippen molar-refractivity contribution in [3.05, 3.63) is 101 Å². The van der Waals surface area contributed by atoms with Crippen molar-refractivity contribution in [3.8, 4) is 0 Å². The summed E-state index contributed by atoms with van der Waals surface area (Å²) in [5, 5.41) is 14.8. The SMILES string of the molecule is C=C(C)CN1CCN(c2ccc(C(=O)NSc3ccc(NCCSc4ccccc4)c([N+](=O)[O-])c3)cc2)CC1. The van der Waals surface area contributed by atoms with E-state index in [2.05, 4.69) is 33.3 Å². The van der Waals surface area contributed by atoms with Crippen molar-refractivity contribution in [1.29, 1.82) is 0 Å². The van der Waals surface area contributed by atoms with E-state index in [1.807, 2.05) is 54.6 Å². The van der Waals surface area contributed by atoms with Gasteiger partial charge in [0.2, 0.25) is 0 Å². The third kappa shape index (κ3) is 8.51. The molecule has 4 rings (SSSR count). The van der Waals surface area contributed by atoms with Gasteiger partial charge in [-0.1, -0.05) is 30.4 Å². The number of hydrogen-bond acceptors (Lipinski definition) is 8. The molecule has 0 bridgehead atoms. The summed E-state index contributed by atoms with van der Waals surface area (Å²) in [5.41, 5.74) is 3.24. The Morgan fingerprint density at radius 1 is 1.00 bits per heavy atom. The molecular formula is C29H33N5O3S2. The van der Waals surface area contributed by atoms with Gasteiger partial charge in [0.25, 0.3) is 11.6 Å². The summed E-state index contributed by atoms with van der Waals surface area (Å²) in [5.74, 6) is 0.526. The van der Waals surface area contributed by atoms with Crippen molar-refractivity contribution in [2.75, 3.05) is 55.2 Å². The zero-order valence-corrected chi connectivity index (χ0v) is 23.6. The molecule has 10 heteroatoms. The monoisotopic (exact) mass is 563 g/mol. The van der Waals surface area contributed by atoms with Crippen LogP contribution in [0.25, 0.3) is 0 Å². The lowest BCUT2D eigenvalue weighted by molar-refractivity contribution is -0.384. The number of nitrogens with one attached hydrogen (secondary N) is 2. The molecule has 0 aromatic heterocycles. The highest BCUT2D eigenvalue weighted by atomic mass is 32.2. The highest BCUT2D eigenvalue weighted by molar-refractivity contribution is 7.99. The number of rotatable bonds is 12. The van der Waals surface area contributed by atoms with Gasteiger partial charge in [0.1, 0.15) is 5.69 Å². The van der Waals surface area contributed by atoms with Crippen LogP contribution in [0.1, 0.15) is 17.3 Å². The first-order valence-corrected chi connectivity index (χ1v) is 14.6. The molecule has 204 valence electrons. The zero-order chi connectivity index (χ0) is 27.6. The van der Waals surface area contributed by atoms with Crippen LogP contribution in [-0.4, -0.2) is 60.8 Å². The van der Waals surface area contributed by atoms with Gasteiger partial charge in [0.05, 0.1) is 4.92 Å². The van der Waals surface area contributed by atoms with E-state index in [0.717, 1.165) is 61.0 Å². The summed E-state index contributed by atoms with van der Waals surface area (Å²) in [6, 6.07) is 22.5. The first-order valence-electron chi connectivity index (χ1n) is 12.8. The van der Waals surface area contributed by atoms with Gasteiger partial charge in [-0.2, -0.15) is 0 Å². The highest BCUT2D eigenvalue weighted by Gasteiger charge is 2.18. The van der Waals surface area contributed by atoms with Gasteiger partial charge in [0.15, 0.2) is 0 Å². The van der Waals surface area contributed by atoms with Crippen LogP contribution in [-0.2, 0) is 0 Å². The Morgan fingerprint density at radius 3 is 2.38 bits per heavy atom. The van der Waals surface area contributed by atoms with Crippen molar-refractivity contribution in [1.82, 2.24) is 9.62 Å². The number of nitro benzene ring substituents is 1. The van der Waals surface area contributed by atoms with Crippen molar-refractivity contribution >= 4 is 46.7 Å². The standard InChI is InChI=1S/C29H33N5O3S2/c1-22(2)21-32-15-17-33(18-16-32)24-10-8-23(9-11-24)29(35)31-39-26-12-13-27(28(20-26)34(36)37)30-14-19-38-25-6-4-3-5-7-25/h3-13,20,30H,1,14-19,21H2,2H3,(H,31,35). The maximum absolute atomic E-state index is 12.7. The minimum absolute atomic E-state index is 0.0216. The van der Waals surface area contributed by atoms with Crippen molar-refractivity contribution in [2.45, 2.75) is 16.7 Å². The van der Waals surface area contributed by atoms with Crippen molar-refractivity contribution < 1.29 is 9.72 Å². The predicted molar refractivity (Wildman–Crippen MR) is 162 cm³/mol. The van der Waals surface area contributed by atoms with Gasteiger partial charge in [0, 0.05) is 72.1 Å². The lowest BCUT2D eigenvalue weighted by atomic mass is 10.1. The van der Waals surface area contributed by atoms with Gasteiger partial charge in [-0.05, 0) is 67.4 Å². The van der Waals surface area contributed by atoms with Gasteiger partial charge >= 0.3 is 0 Å². The largest absolute Gasteiger partial charge is 0.379 e. The molecule has 3 aromatic carbocycles. The second-order valence-electron chi connectivity index (χ2n) is 9.32. The fraction of sp³-hybridized carbons (Fsp3) is 0.276. The van der Waals surface area contributed by atoms with E-state index in [9.17, 15) is 14.9 Å². The summed E-state index contributed by atoms with van der Waals surface area (Å²) in [6.07, 6.45) is 0. The molecule has 0 radical (unpaired) electrons. The summed E-state index contributed by atoms with van der Waals surface area (Å²) in [4.78, 5) is 30.4. The Kier molecular flexibility index (Phi) is 10.3. The lowest BCUT2D eigenvalue weighted by Crippen LogP contribution is -2.46. The third-order valence-corrected chi connectivity index (χ3v) is 8.01. The Bertz CT molecular complexity index is 1280. The van der Waals surface area contributed by atoms with Crippen LogP contribution in [0.2, 0.25) is 0 Å². The quantitative estimate of drug-likeness (QED) is 0.0700. The van der Waals surface area contributed by atoms with E-state index in [-0.39, 0.29) is 11.6 Å². The molecule has 1 fully saturated rings. The Morgan fingerprint density at radius 2 is 1.72 bits per heavy atom. The molecular weight excluding hydrogens is 530 g/mol. The number of anilines is 2. The first-order chi connectivity index (χ1) is 18.9. The number of amides is 1. The maximum Gasteiger partial charge on any atom is 0.293 e. The van der Waals surface area contributed by atoms with E-state index < -0.39 is 4.92 Å². The van der Waals surface area contributed by atoms with Crippen LogP contribution < -0.4 is 14.9 Å². The van der Waals surface area contributed by atoms with Crippen LogP contribution in [0, 0.1) is 10.1 Å². The lowest BCUT2D eigenvalue weighted by Gasteiger charge is -2.36. The molecule has 3 aromatic rings. The fourth-order valence-electron chi connectivity index (χ4n) is 4.28. The van der Waals surface area contributed by atoms with Gasteiger partial charge in [-0.15, -0.1) is 11.8 Å². The number of carbonyl (C=O) groups is 1. The maximum atomic E-state index is 12.7. The van der Waals surface area contributed by atoms with Crippen LogP contribution in [0.4, 0.5) is 17.1 Å². The minimum Gasteiger partial charge on any atom is -0.379 e. The number of nitro groups is 1. The third-order valence-electron chi connectivity index (χ3n) is 6.22. The van der Waals surface area contributed by atoms with Crippen LogP contribution in [0.15, 0.2) is 94.7 Å². The molecule has 1 amide bonds. The number of carbonyl (C=O) groups excluding carboxylic acids is 1. The average molecular weight is 564 g/mol. The van der Waals surface area contributed by atoms with Crippen LogP contribution in [0.5, 0.6) is 0 Å². The smallest absolute Gasteiger partial charge is 0.293 e. The molecule has 8 nitrogen and oxygen atoms in total. The number of piperazine rings is 1. The molecule has 1 saturated heterocycles. The fourth-order valence-corrected chi connectivity index (χ4v) is 5.70. The number of nitrogens with zero attached hydrogens (tertiary/aromatic N) is 3. The average Bonchev–Trinajstić information content (AvgIpc) is 2.95. The topological polar surface area (TPSA) is 90.8 Å². The predicted octanol–water partition coefficient (Wildman–Crippen LogP) is 5.93. The normalized spacial score (nSPS) is 13.6. The summed E-state index contributed by atoms with van der Waals surface area (Å²) in [7, 11) is 0. The van der Waals surface area contributed by atoms with E-state index in [1.54, 1.807) is 23.9 Å². The van der Waals surface area contributed by atoms with Crippen LogP contribution >= 0.6 is 23.7 Å². The van der Waals surface area contributed by atoms with Gasteiger partial charge < -0.3 is 10.2 Å². The Balaban J connectivity index is 1.27. The van der Waals surface area contributed by atoms with Crippen molar-refractivity contribution in [3.63, 3.8) is 0 Å². The number of thioether (sulfide) groups is 1. The molecule has 0 aliphatic carbocycles. The molecule has 0 atom stereocenters. The summed E-state index contributed by atoms with van der Waals surface area (Å²) in [6.45, 7) is 11.4. The molecule has 0 saturated carbocycles. The van der Waals surface area contributed by atoms with E-state index >= 15 is 0 Å². The molecule has 0 unspecified atom stereocenters. The summed E-state index contributed by atoms with van der Waals surface area (Å²) < 4.78 is 2.80. The number of benzene rings is 3. The van der Waals surface area contributed by atoms with E-state index in [4.69, 9.17) is 0 Å². The molecule has 1 aliphatic rings. The minimum atomic E-state index is -0.407. The molecule has 2 N–H and O–H groups in total. The number of hydrogen-bond donors (Lipinski definition) is 2. The van der Waals surface area contributed by atoms with Crippen molar-refractivity contribution in [2.24, 2.45) is 0 Å². The van der Waals surface area contributed by atoms with E-state index in [1.165, 1.54) is 11.6 Å². The molecule has 0 spiro atoms. The first kappa shape index (κ1) is 28.5. The second kappa shape index (κ2) is 14.1. The Hall–Kier alpha value is -3.47.